The maximum Gasteiger partial charge on any atom is 0.393 e. The maximum atomic E-state index is 14.4. The van der Waals surface area contributed by atoms with Crippen molar-refractivity contribution in [3.8, 4) is 6.07 Å². The van der Waals surface area contributed by atoms with Crippen molar-refractivity contribution in [3.05, 3.63) is 65.5 Å². The number of likely N-dealkylation sites (tertiary alicyclic amines) is 1. The highest BCUT2D eigenvalue weighted by molar-refractivity contribution is 5.66. The lowest BCUT2D eigenvalue weighted by molar-refractivity contribution is -0.149. The van der Waals surface area contributed by atoms with Crippen LogP contribution in [0.15, 0.2) is 48.5 Å². The third kappa shape index (κ3) is 6.53. The van der Waals surface area contributed by atoms with Crippen LogP contribution in [0.1, 0.15) is 50.2 Å². The molecule has 0 aromatic heterocycles. The molecule has 2 saturated heterocycles. The Labute approximate surface area is 239 Å². The number of piperidine rings is 1. The molecule has 3 fully saturated rings. The predicted molar refractivity (Wildman–Crippen MR) is 148 cm³/mol. The summed E-state index contributed by atoms with van der Waals surface area (Å²) in [4.78, 5) is 16.5. The van der Waals surface area contributed by atoms with Gasteiger partial charge in [0.2, 0.25) is 0 Å². The van der Waals surface area contributed by atoms with E-state index in [9.17, 15) is 27.6 Å². The van der Waals surface area contributed by atoms with Gasteiger partial charge in [0.1, 0.15) is 11.9 Å². The number of carbonyl (C=O) groups excluding carboxylic acids is 1. The average molecular weight is 572 g/mol. The Bertz CT molecular complexity index is 1250. The number of hydrogen-bond donors (Lipinski definition) is 0. The van der Waals surface area contributed by atoms with E-state index in [4.69, 9.17) is 4.74 Å². The second-order valence-electron chi connectivity index (χ2n) is 12.0. The SMILES string of the molecule is CC(=O)O[C@@H]1CCC[C@H]1C(C#N)(c1cccc(F)c1)C1CCN(CC2CN(c3ccc(CC(F)(F)F)cc3)C2)CC1. The van der Waals surface area contributed by atoms with Gasteiger partial charge in [0.25, 0.3) is 0 Å². The molecule has 2 heterocycles. The summed E-state index contributed by atoms with van der Waals surface area (Å²) in [5.41, 5.74) is 0.956. The van der Waals surface area contributed by atoms with Crippen molar-refractivity contribution in [1.29, 1.82) is 5.26 Å². The van der Waals surface area contributed by atoms with E-state index >= 15 is 0 Å². The molecule has 3 aliphatic rings. The molecule has 0 N–H and O–H groups in total. The van der Waals surface area contributed by atoms with E-state index in [2.05, 4.69) is 15.9 Å². The maximum absolute atomic E-state index is 14.4. The van der Waals surface area contributed by atoms with Crippen molar-refractivity contribution >= 4 is 11.7 Å². The van der Waals surface area contributed by atoms with Gasteiger partial charge < -0.3 is 14.5 Å². The molecule has 220 valence electrons. The first kappa shape index (κ1) is 29.4. The van der Waals surface area contributed by atoms with Gasteiger partial charge in [-0.2, -0.15) is 18.4 Å². The topological polar surface area (TPSA) is 56.6 Å². The summed E-state index contributed by atoms with van der Waals surface area (Å²) in [5.74, 6) is -0.425. The number of carbonyl (C=O) groups is 1. The fraction of sp³-hybridized carbons (Fsp3) is 0.562. The highest BCUT2D eigenvalue weighted by Gasteiger charge is 2.53. The van der Waals surface area contributed by atoms with Crippen LogP contribution in [-0.2, 0) is 21.4 Å². The van der Waals surface area contributed by atoms with Crippen LogP contribution >= 0.6 is 0 Å². The summed E-state index contributed by atoms with van der Waals surface area (Å²) in [6.45, 7) is 5.70. The zero-order valence-electron chi connectivity index (χ0n) is 23.4. The predicted octanol–water partition coefficient (Wildman–Crippen LogP) is 6.27. The number of hydrogen-bond acceptors (Lipinski definition) is 5. The Morgan fingerprint density at radius 1 is 1.05 bits per heavy atom. The van der Waals surface area contributed by atoms with Gasteiger partial charge in [-0.3, -0.25) is 4.79 Å². The van der Waals surface area contributed by atoms with Crippen molar-refractivity contribution in [3.63, 3.8) is 0 Å². The number of anilines is 1. The summed E-state index contributed by atoms with van der Waals surface area (Å²) in [6, 6.07) is 15.7. The van der Waals surface area contributed by atoms with Gasteiger partial charge in [-0.15, -0.1) is 0 Å². The van der Waals surface area contributed by atoms with Gasteiger partial charge >= 0.3 is 12.1 Å². The first-order chi connectivity index (χ1) is 19.6. The molecule has 5 nitrogen and oxygen atoms in total. The van der Waals surface area contributed by atoms with E-state index in [1.54, 1.807) is 30.3 Å². The summed E-state index contributed by atoms with van der Waals surface area (Å²) in [5, 5.41) is 10.8. The molecule has 9 heteroatoms. The molecular formula is C32H37F4N3O2. The quantitative estimate of drug-likeness (QED) is 0.276. The van der Waals surface area contributed by atoms with Crippen LogP contribution in [-0.4, -0.2) is 55.9 Å². The minimum atomic E-state index is -4.21. The molecule has 0 radical (unpaired) electrons. The number of esters is 1. The van der Waals surface area contributed by atoms with Crippen molar-refractivity contribution in [2.24, 2.45) is 17.8 Å². The fourth-order valence-electron chi connectivity index (χ4n) is 7.43. The van der Waals surface area contributed by atoms with Crippen LogP contribution in [0.5, 0.6) is 0 Å². The number of nitrogens with zero attached hydrogens (tertiary/aromatic N) is 3. The molecule has 0 amide bonds. The Morgan fingerprint density at radius 3 is 2.37 bits per heavy atom. The smallest absolute Gasteiger partial charge is 0.393 e. The van der Waals surface area contributed by atoms with Crippen LogP contribution < -0.4 is 4.90 Å². The number of nitriles is 1. The average Bonchev–Trinajstić information content (AvgIpc) is 3.35. The van der Waals surface area contributed by atoms with E-state index < -0.39 is 18.0 Å². The third-order valence-corrected chi connectivity index (χ3v) is 9.25. The molecule has 2 aromatic rings. The summed E-state index contributed by atoms with van der Waals surface area (Å²) in [7, 11) is 0. The fourth-order valence-corrected chi connectivity index (χ4v) is 7.43. The summed E-state index contributed by atoms with van der Waals surface area (Å²) < 4.78 is 58.1. The lowest BCUT2D eigenvalue weighted by Crippen LogP contribution is -2.54. The number of alkyl halides is 3. The van der Waals surface area contributed by atoms with Crippen LogP contribution in [0.3, 0.4) is 0 Å². The molecule has 1 saturated carbocycles. The van der Waals surface area contributed by atoms with Crippen molar-refractivity contribution in [2.45, 2.75) is 63.1 Å². The molecule has 2 aliphatic heterocycles. The highest BCUT2D eigenvalue weighted by atomic mass is 19.4. The first-order valence-corrected chi connectivity index (χ1v) is 14.5. The normalized spacial score (nSPS) is 24.0. The van der Waals surface area contributed by atoms with Crippen LogP contribution in [0.4, 0.5) is 23.2 Å². The number of ether oxygens (including phenoxy) is 1. The van der Waals surface area contributed by atoms with Crippen molar-refractivity contribution in [2.75, 3.05) is 37.6 Å². The number of halogens is 4. The number of benzene rings is 2. The summed E-state index contributed by atoms with van der Waals surface area (Å²) in [6.07, 6.45) is -1.54. The van der Waals surface area contributed by atoms with Gasteiger partial charge in [0.05, 0.1) is 17.9 Å². The zero-order chi connectivity index (χ0) is 29.2. The minimum Gasteiger partial charge on any atom is -0.462 e. The van der Waals surface area contributed by atoms with Crippen molar-refractivity contribution < 1.29 is 27.1 Å². The molecule has 3 atom stereocenters. The lowest BCUT2D eigenvalue weighted by Gasteiger charge is -2.48. The molecule has 2 aromatic carbocycles. The standard InChI is InChI=1S/C32H37F4N3O2/c1-22(40)41-30-7-3-6-29(30)31(21-37,26-4-2-5-27(33)16-26)25-12-14-38(15-13-25)18-24-19-39(20-24)28-10-8-23(9-11-28)17-32(34,35)36/h2,4-5,8-11,16,24-25,29-30H,3,6-7,12-15,17-20H2,1H3/t29-,30-,31?/m1/s1. The zero-order valence-corrected chi connectivity index (χ0v) is 23.4. The lowest BCUT2D eigenvalue weighted by atomic mass is 9.59. The second kappa shape index (κ2) is 12.0. The number of rotatable bonds is 8. The Balaban J connectivity index is 1.21. The Morgan fingerprint density at radius 2 is 1.76 bits per heavy atom. The van der Waals surface area contributed by atoms with E-state index in [0.717, 1.165) is 64.1 Å². The minimum absolute atomic E-state index is 0.0137. The van der Waals surface area contributed by atoms with Gasteiger partial charge in [-0.25, -0.2) is 4.39 Å². The molecule has 0 bridgehead atoms. The summed E-state index contributed by atoms with van der Waals surface area (Å²) >= 11 is 0. The molecule has 1 unspecified atom stereocenters. The van der Waals surface area contributed by atoms with E-state index in [0.29, 0.717) is 17.9 Å². The monoisotopic (exact) mass is 571 g/mol. The van der Waals surface area contributed by atoms with Gasteiger partial charge in [0.15, 0.2) is 0 Å². The highest BCUT2D eigenvalue weighted by Crippen LogP contribution is 2.51. The van der Waals surface area contributed by atoms with Crippen LogP contribution in [0.2, 0.25) is 0 Å². The van der Waals surface area contributed by atoms with Crippen molar-refractivity contribution in [1.82, 2.24) is 4.90 Å². The van der Waals surface area contributed by atoms with Gasteiger partial charge in [-0.1, -0.05) is 24.3 Å². The largest absolute Gasteiger partial charge is 0.462 e. The third-order valence-electron chi connectivity index (χ3n) is 9.25. The molecule has 1 aliphatic carbocycles. The van der Waals surface area contributed by atoms with Crippen LogP contribution in [0, 0.1) is 34.9 Å². The van der Waals surface area contributed by atoms with Gasteiger partial charge in [0, 0.05) is 44.1 Å². The molecule has 41 heavy (non-hydrogen) atoms. The van der Waals surface area contributed by atoms with E-state index in [-0.39, 0.29) is 35.3 Å². The molecule has 0 spiro atoms. The Hall–Kier alpha value is -3.12. The molecule has 5 rings (SSSR count). The Kier molecular flexibility index (Phi) is 8.60. The molecular weight excluding hydrogens is 534 g/mol. The second-order valence-corrected chi connectivity index (χ2v) is 12.0. The van der Waals surface area contributed by atoms with E-state index in [1.165, 1.54) is 19.1 Å². The van der Waals surface area contributed by atoms with E-state index in [1.807, 2.05) is 6.07 Å². The van der Waals surface area contributed by atoms with Crippen LogP contribution in [0.25, 0.3) is 0 Å². The van der Waals surface area contributed by atoms with Gasteiger partial charge in [-0.05, 0) is 86.5 Å². The first-order valence-electron chi connectivity index (χ1n) is 14.5.